The van der Waals surface area contributed by atoms with E-state index in [1.54, 1.807) is 18.3 Å². The van der Waals surface area contributed by atoms with Gasteiger partial charge in [-0.25, -0.2) is 15.0 Å². The van der Waals surface area contributed by atoms with Crippen LogP contribution in [-0.4, -0.2) is 44.4 Å². The van der Waals surface area contributed by atoms with E-state index in [4.69, 9.17) is 15.9 Å². The summed E-state index contributed by atoms with van der Waals surface area (Å²) in [6, 6.07) is 7.60. The van der Waals surface area contributed by atoms with E-state index < -0.39 is 0 Å². The summed E-state index contributed by atoms with van der Waals surface area (Å²) in [5, 5.41) is 8.65. The molecule has 3 N–H and O–H groups in total. The molecule has 1 atom stereocenters. The fraction of sp³-hybridized carbons (Fsp3) is 0.333. The smallest absolute Gasteiger partial charge is 0.132 e. The Bertz CT molecular complexity index is 1000. The van der Waals surface area contributed by atoms with Crippen LogP contribution in [0.2, 0.25) is 0 Å². The summed E-state index contributed by atoms with van der Waals surface area (Å²) in [5.41, 5.74) is 8.05. The molecule has 3 aromatic rings. The lowest BCUT2D eigenvalue weighted by Crippen LogP contribution is -2.22. The molecule has 4 rings (SSSR count). The Balaban J connectivity index is 1.55. The molecule has 1 unspecified atom stereocenters. The first-order valence-electron chi connectivity index (χ1n) is 9.71. The van der Waals surface area contributed by atoms with E-state index in [9.17, 15) is 0 Å². The second kappa shape index (κ2) is 7.90. The topological polar surface area (TPSA) is 106 Å². The van der Waals surface area contributed by atoms with Gasteiger partial charge < -0.3 is 19.9 Å². The van der Waals surface area contributed by atoms with Gasteiger partial charge >= 0.3 is 0 Å². The summed E-state index contributed by atoms with van der Waals surface area (Å²) >= 11 is 0. The maximum absolute atomic E-state index is 8.65. The molecule has 8 heteroatoms. The highest BCUT2D eigenvalue weighted by Crippen LogP contribution is 2.27. The largest absolute Gasteiger partial charge is 0.491 e. The van der Waals surface area contributed by atoms with Gasteiger partial charge in [0.25, 0.3) is 0 Å². The van der Waals surface area contributed by atoms with Crippen LogP contribution in [0.25, 0.3) is 0 Å². The number of nitrogens with two attached hydrogens (primary N) is 1. The van der Waals surface area contributed by atoms with Gasteiger partial charge in [-0.2, -0.15) is 0 Å². The predicted molar refractivity (Wildman–Crippen MR) is 113 cm³/mol. The SMILES string of the molecule is CC(C)Oc1ccc(N)c(C(=N)c2cc(N3CCC(n4ccnc4)C3)ncn2)c1. The number of hydrogen-bond donors (Lipinski definition) is 2. The van der Waals surface area contributed by atoms with Crippen molar-refractivity contribution in [3.05, 3.63) is 60.6 Å². The minimum Gasteiger partial charge on any atom is -0.491 e. The van der Waals surface area contributed by atoms with Crippen molar-refractivity contribution < 1.29 is 4.74 Å². The quantitative estimate of drug-likeness (QED) is 0.494. The Morgan fingerprint density at radius 1 is 1.28 bits per heavy atom. The molecule has 150 valence electrons. The molecule has 0 saturated carbocycles. The summed E-state index contributed by atoms with van der Waals surface area (Å²) in [4.78, 5) is 15.1. The van der Waals surface area contributed by atoms with Crippen molar-refractivity contribution in [3.8, 4) is 5.75 Å². The summed E-state index contributed by atoms with van der Waals surface area (Å²) in [7, 11) is 0. The molecule has 29 heavy (non-hydrogen) atoms. The number of rotatable bonds is 6. The first kappa shape index (κ1) is 18.9. The van der Waals surface area contributed by atoms with Crippen molar-refractivity contribution in [1.29, 1.82) is 5.41 Å². The molecule has 0 amide bonds. The van der Waals surface area contributed by atoms with Crippen LogP contribution >= 0.6 is 0 Å². The van der Waals surface area contributed by atoms with Crippen molar-refractivity contribution in [1.82, 2.24) is 19.5 Å². The van der Waals surface area contributed by atoms with Gasteiger partial charge in [0.05, 0.1) is 29.9 Å². The maximum Gasteiger partial charge on any atom is 0.132 e. The minimum absolute atomic E-state index is 0.0462. The van der Waals surface area contributed by atoms with Gasteiger partial charge in [-0.3, -0.25) is 5.41 Å². The highest BCUT2D eigenvalue weighted by atomic mass is 16.5. The summed E-state index contributed by atoms with van der Waals surface area (Å²) in [6.45, 7) is 5.67. The van der Waals surface area contributed by atoms with E-state index >= 15 is 0 Å². The van der Waals surface area contributed by atoms with Crippen LogP contribution in [0, 0.1) is 5.41 Å². The second-order valence-electron chi connectivity index (χ2n) is 7.45. The molecule has 3 heterocycles. The lowest BCUT2D eigenvalue weighted by atomic mass is 10.0. The highest BCUT2D eigenvalue weighted by molar-refractivity contribution is 6.13. The highest BCUT2D eigenvalue weighted by Gasteiger charge is 2.25. The zero-order chi connectivity index (χ0) is 20.4. The monoisotopic (exact) mass is 391 g/mol. The van der Waals surface area contributed by atoms with E-state index in [1.165, 1.54) is 6.33 Å². The number of hydrogen-bond acceptors (Lipinski definition) is 7. The summed E-state index contributed by atoms with van der Waals surface area (Å²) in [5.74, 6) is 1.50. The molecule has 1 aliphatic heterocycles. The van der Waals surface area contributed by atoms with Gasteiger partial charge in [0.15, 0.2) is 0 Å². The van der Waals surface area contributed by atoms with Crippen LogP contribution in [0.4, 0.5) is 11.5 Å². The zero-order valence-corrected chi connectivity index (χ0v) is 16.6. The van der Waals surface area contributed by atoms with Gasteiger partial charge in [-0.15, -0.1) is 0 Å². The van der Waals surface area contributed by atoms with Crippen LogP contribution in [0.15, 0.2) is 49.3 Å². The zero-order valence-electron chi connectivity index (χ0n) is 16.6. The van der Waals surface area contributed by atoms with Crippen molar-refractivity contribution in [2.75, 3.05) is 23.7 Å². The van der Waals surface area contributed by atoms with Gasteiger partial charge in [0.1, 0.15) is 17.9 Å². The standard InChI is InChI=1S/C21H25N7O/c1-14(2)29-16-3-4-18(22)17(9-16)21(23)19-10-20(26-12-25-19)27-7-5-15(11-27)28-8-6-24-13-28/h3-4,6,8-10,12-15,23H,5,7,11,22H2,1-2H3. The third-order valence-corrected chi connectivity index (χ3v) is 5.01. The molecular formula is C21H25N7O. The summed E-state index contributed by atoms with van der Waals surface area (Å²) < 4.78 is 7.88. The molecule has 1 fully saturated rings. The van der Waals surface area contributed by atoms with Gasteiger partial charge in [0.2, 0.25) is 0 Å². The van der Waals surface area contributed by atoms with E-state index in [1.807, 2.05) is 38.5 Å². The van der Waals surface area contributed by atoms with Gasteiger partial charge in [-0.05, 0) is 38.5 Å². The molecule has 0 radical (unpaired) electrons. The van der Waals surface area contributed by atoms with Crippen molar-refractivity contribution >= 4 is 17.2 Å². The Hall–Kier alpha value is -3.42. The first-order chi connectivity index (χ1) is 14.0. The van der Waals surface area contributed by atoms with Crippen LogP contribution in [0.5, 0.6) is 5.75 Å². The average molecular weight is 391 g/mol. The molecule has 1 saturated heterocycles. The minimum atomic E-state index is 0.0462. The lowest BCUT2D eigenvalue weighted by molar-refractivity contribution is 0.242. The fourth-order valence-corrected chi connectivity index (χ4v) is 3.57. The summed E-state index contributed by atoms with van der Waals surface area (Å²) in [6.07, 6.45) is 8.22. The number of anilines is 2. The van der Waals surface area contributed by atoms with Gasteiger partial charge in [0, 0.05) is 42.8 Å². The van der Waals surface area contributed by atoms with Gasteiger partial charge in [-0.1, -0.05) is 0 Å². The normalized spacial score (nSPS) is 16.4. The second-order valence-corrected chi connectivity index (χ2v) is 7.45. The van der Waals surface area contributed by atoms with E-state index in [0.717, 1.165) is 25.3 Å². The Morgan fingerprint density at radius 2 is 2.14 bits per heavy atom. The number of nitrogen functional groups attached to an aromatic ring is 1. The lowest BCUT2D eigenvalue weighted by Gasteiger charge is -2.18. The van der Waals surface area contributed by atoms with Crippen LogP contribution in [-0.2, 0) is 0 Å². The molecular weight excluding hydrogens is 366 g/mol. The molecule has 2 aromatic heterocycles. The number of ether oxygens (including phenoxy) is 1. The van der Waals surface area contributed by atoms with E-state index in [-0.39, 0.29) is 11.8 Å². The van der Waals surface area contributed by atoms with Crippen molar-refractivity contribution in [2.45, 2.75) is 32.4 Å². The van der Waals surface area contributed by atoms with Crippen molar-refractivity contribution in [2.24, 2.45) is 0 Å². The van der Waals surface area contributed by atoms with E-state index in [0.29, 0.717) is 28.7 Å². The van der Waals surface area contributed by atoms with Crippen LogP contribution in [0.1, 0.15) is 37.6 Å². The number of imidazole rings is 1. The Kier molecular flexibility index (Phi) is 5.16. The number of nitrogens with zero attached hydrogens (tertiary/aromatic N) is 5. The number of nitrogens with one attached hydrogen (secondary N) is 1. The molecule has 0 aliphatic carbocycles. The molecule has 1 aliphatic rings. The first-order valence-corrected chi connectivity index (χ1v) is 9.71. The van der Waals surface area contributed by atoms with Crippen LogP contribution in [0.3, 0.4) is 0 Å². The fourth-order valence-electron chi connectivity index (χ4n) is 3.57. The molecule has 0 bridgehead atoms. The third-order valence-electron chi connectivity index (χ3n) is 5.01. The Labute approximate surface area is 169 Å². The number of benzene rings is 1. The third kappa shape index (κ3) is 4.06. The molecule has 8 nitrogen and oxygen atoms in total. The number of aromatic nitrogens is 4. The predicted octanol–water partition coefficient (Wildman–Crippen LogP) is 2.91. The average Bonchev–Trinajstić information content (AvgIpc) is 3.40. The Morgan fingerprint density at radius 3 is 2.90 bits per heavy atom. The molecule has 0 spiro atoms. The molecule has 1 aromatic carbocycles. The van der Waals surface area contributed by atoms with Crippen LogP contribution < -0.4 is 15.4 Å². The van der Waals surface area contributed by atoms with E-state index in [2.05, 4.69) is 24.4 Å². The van der Waals surface area contributed by atoms with Crippen molar-refractivity contribution in [3.63, 3.8) is 0 Å². The maximum atomic E-state index is 8.65.